The van der Waals surface area contributed by atoms with Gasteiger partial charge in [-0.25, -0.2) is 9.59 Å². The molecule has 2 amide bonds. The smallest absolute Gasteiger partial charge is 0.407 e. The van der Waals surface area contributed by atoms with Crippen LogP contribution in [0.3, 0.4) is 0 Å². The molecule has 3 N–H and O–H groups in total. The predicted molar refractivity (Wildman–Crippen MR) is 111 cm³/mol. The number of aliphatic hydroxyl groups is 1. The zero-order valence-corrected chi connectivity index (χ0v) is 17.0. The molecule has 0 spiro atoms. The summed E-state index contributed by atoms with van der Waals surface area (Å²) in [5, 5.41) is 21.5. The normalized spacial score (nSPS) is 20.6. The fourth-order valence-corrected chi connectivity index (χ4v) is 4.42. The topological polar surface area (TPSA) is 116 Å². The summed E-state index contributed by atoms with van der Waals surface area (Å²) in [6.45, 7) is 1.50. The molecular weight excluding hydrogens is 400 g/mol. The Hall–Kier alpha value is -3.39. The number of aliphatic carboxylic acids is 1. The van der Waals surface area contributed by atoms with Crippen molar-refractivity contribution in [2.24, 2.45) is 0 Å². The van der Waals surface area contributed by atoms with Gasteiger partial charge in [0.1, 0.15) is 18.7 Å². The SMILES string of the molecule is C[C@@H](NC(=O)OCC1c2ccccc2-c2ccccc21)C(=O)N1C[C@@H](O)C[C@H]1C(=O)O. The number of rotatable bonds is 5. The van der Waals surface area contributed by atoms with E-state index >= 15 is 0 Å². The first-order valence-corrected chi connectivity index (χ1v) is 10.2. The number of hydrogen-bond acceptors (Lipinski definition) is 5. The molecule has 0 aromatic heterocycles. The van der Waals surface area contributed by atoms with Crippen LogP contribution < -0.4 is 5.32 Å². The summed E-state index contributed by atoms with van der Waals surface area (Å²) in [7, 11) is 0. The van der Waals surface area contributed by atoms with Crippen LogP contribution in [0.1, 0.15) is 30.4 Å². The van der Waals surface area contributed by atoms with E-state index < -0.39 is 36.2 Å². The highest BCUT2D eigenvalue weighted by Crippen LogP contribution is 2.44. The van der Waals surface area contributed by atoms with Gasteiger partial charge in [-0.15, -0.1) is 0 Å². The standard InChI is InChI=1S/C23H24N2O6/c1-13(21(27)25-11-14(26)10-20(25)22(28)29)24-23(30)31-12-19-17-8-4-2-6-15(17)16-7-3-5-9-18(16)19/h2-9,13-14,19-20,26H,10-12H2,1H3,(H,24,30)(H,28,29)/t13-,14+,20+/m1/s1. The Balaban J connectivity index is 1.39. The average Bonchev–Trinajstić information content (AvgIpc) is 3.30. The average molecular weight is 424 g/mol. The molecule has 31 heavy (non-hydrogen) atoms. The van der Waals surface area contributed by atoms with Gasteiger partial charge in [0, 0.05) is 18.9 Å². The zero-order valence-electron chi connectivity index (χ0n) is 17.0. The van der Waals surface area contributed by atoms with Crippen LogP contribution in [0.2, 0.25) is 0 Å². The molecule has 0 radical (unpaired) electrons. The fraction of sp³-hybridized carbons (Fsp3) is 0.348. The molecule has 0 unspecified atom stereocenters. The summed E-state index contributed by atoms with van der Waals surface area (Å²) >= 11 is 0. The lowest BCUT2D eigenvalue weighted by molar-refractivity contribution is -0.148. The number of carbonyl (C=O) groups is 3. The van der Waals surface area contributed by atoms with Crippen molar-refractivity contribution in [2.75, 3.05) is 13.2 Å². The van der Waals surface area contributed by atoms with E-state index in [0.29, 0.717) is 0 Å². The Labute approximate surface area is 179 Å². The van der Waals surface area contributed by atoms with E-state index in [1.54, 1.807) is 0 Å². The molecule has 8 heteroatoms. The minimum atomic E-state index is -1.18. The van der Waals surface area contributed by atoms with Crippen molar-refractivity contribution in [1.29, 1.82) is 0 Å². The maximum Gasteiger partial charge on any atom is 0.407 e. The van der Waals surface area contributed by atoms with Crippen molar-refractivity contribution < 1.29 is 29.3 Å². The Bertz CT molecular complexity index is 977. The molecule has 3 atom stereocenters. The third kappa shape index (κ3) is 3.98. The molecule has 1 aliphatic carbocycles. The first-order chi connectivity index (χ1) is 14.9. The van der Waals surface area contributed by atoms with Gasteiger partial charge in [0.2, 0.25) is 5.91 Å². The molecule has 8 nitrogen and oxygen atoms in total. The Morgan fingerprint density at radius 2 is 1.68 bits per heavy atom. The van der Waals surface area contributed by atoms with Crippen LogP contribution in [-0.2, 0) is 14.3 Å². The number of nitrogens with zero attached hydrogens (tertiary/aromatic N) is 1. The van der Waals surface area contributed by atoms with Crippen molar-refractivity contribution in [3.05, 3.63) is 59.7 Å². The van der Waals surface area contributed by atoms with Gasteiger partial charge < -0.3 is 25.2 Å². The lowest BCUT2D eigenvalue weighted by Gasteiger charge is -2.25. The van der Waals surface area contributed by atoms with Crippen molar-refractivity contribution in [1.82, 2.24) is 10.2 Å². The number of likely N-dealkylation sites (tertiary alicyclic amines) is 1. The number of aliphatic hydroxyl groups excluding tert-OH is 1. The summed E-state index contributed by atoms with van der Waals surface area (Å²) in [4.78, 5) is 37.4. The van der Waals surface area contributed by atoms with Crippen LogP contribution in [-0.4, -0.2) is 64.4 Å². The number of nitrogens with one attached hydrogen (secondary N) is 1. The van der Waals surface area contributed by atoms with Gasteiger partial charge in [0.15, 0.2) is 0 Å². The number of amides is 2. The fourth-order valence-electron chi connectivity index (χ4n) is 4.42. The third-order valence-corrected chi connectivity index (χ3v) is 5.90. The predicted octanol–water partition coefficient (Wildman–Crippen LogP) is 1.96. The molecule has 162 valence electrons. The lowest BCUT2D eigenvalue weighted by Crippen LogP contribution is -2.50. The van der Waals surface area contributed by atoms with Crippen molar-refractivity contribution in [3.63, 3.8) is 0 Å². The van der Waals surface area contributed by atoms with Crippen molar-refractivity contribution >= 4 is 18.0 Å². The number of hydrogen-bond donors (Lipinski definition) is 3. The summed E-state index contributed by atoms with van der Waals surface area (Å²) in [6, 6.07) is 13.9. The van der Waals surface area contributed by atoms with E-state index in [1.165, 1.54) is 6.92 Å². The van der Waals surface area contributed by atoms with Crippen LogP contribution in [0.25, 0.3) is 11.1 Å². The summed E-state index contributed by atoms with van der Waals surface area (Å²) in [5.74, 6) is -1.86. The molecular formula is C23H24N2O6. The minimum Gasteiger partial charge on any atom is -0.480 e. The van der Waals surface area contributed by atoms with Crippen molar-refractivity contribution in [3.8, 4) is 11.1 Å². The Morgan fingerprint density at radius 1 is 1.10 bits per heavy atom. The van der Waals surface area contributed by atoms with Gasteiger partial charge in [-0.2, -0.15) is 0 Å². The molecule has 1 saturated heterocycles. The molecule has 1 aliphatic heterocycles. The maximum atomic E-state index is 12.6. The molecule has 2 aromatic carbocycles. The van der Waals surface area contributed by atoms with E-state index in [4.69, 9.17) is 4.74 Å². The number of benzene rings is 2. The Morgan fingerprint density at radius 3 is 2.26 bits per heavy atom. The van der Waals surface area contributed by atoms with Gasteiger partial charge >= 0.3 is 12.1 Å². The number of carbonyl (C=O) groups excluding carboxylic acids is 2. The van der Waals surface area contributed by atoms with Crippen LogP contribution >= 0.6 is 0 Å². The number of carboxylic acid groups (broad SMARTS) is 1. The first-order valence-electron chi connectivity index (χ1n) is 10.2. The quantitative estimate of drug-likeness (QED) is 0.676. The van der Waals surface area contributed by atoms with Crippen molar-refractivity contribution in [2.45, 2.75) is 37.5 Å². The second kappa shape index (κ2) is 8.39. The van der Waals surface area contributed by atoms with E-state index in [9.17, 15) is 24.6 Å². The third-order valence-electron chi connectivity index (χ3n) is 5.90. The van der Waals surface area contributed by atoms with E-state index in [1.807, 2.05) is 48.5 Å². The molecule has 2 aliphatic rings. The Kier molecular flexibility index (Phi) is 5.65. The second-order valence-electron chi connectivity index (χ2n) is 7.93. The van der Waals surface area contributed by atoms with Gasteiger partial charge in [-0.05, 0) is 29.2 Å². The maximum absolute atomic E-state index is 12.6. The molecule has 0 saturated carbocycles. The highest BCUT2D eigenvalue weighted by atomic mass is 16.5. The summed E-state index contributed by atoms with van der Waals surface area (Å²) in [5.41, 5.74) is 4.39. The molecule has 2 aromatic rings. The number of β-amino-alcohol motifs (C(OH)–C–C–N with tert-alkyl or cyclic N) is 1. The number of ether oxygens (including phenoxy) is 1. The number of fused-ring (bicyclic) bond motifs is 3. The zero-order chi connectivity index (χ0) is 22.1. The highest BCUT2D eigenvalue weighted by molar-refractivity contribution is 5.89. The van der Waals surface area contributed by atoms with E-state index in [2.05, 4.69) is 5.32 Å². The molecule has 1 heterocycles. The van der Waals surface area contributed by atoms with Crippen LogP contribution in [0.15, 0.2) is 48.5 Å². The molecule has 4 rings (SSSR count). The second-order valence-corrected chi connectivity index (χ2v) is 7.93. The lowest BCUT2D eigenvalue weighted by atomic mass is 9.98. The van der Waals surface area contributed by atoms with E-state index in [0.717, 1.165) is 27.2 Å². The van der Waals surface area contributed by atoms with Gasteiger partial charge in [0.25, 0.3) is 0 Å². The number of carboxylic acids is 1. The first kappa shape index (κ1) is 20.9. The van der Waals surface area contributed by atoms with Gasteiger partial charge in [-0.1, -0.05) is 48.5 Å². The minimum absolute atomic E-state index is 0.0290. The van der Waals surface area contributed by atoms with Crippen LogP contribution in [0.4, 0.5) is 4.79 Å². The number of alkyl carbamates (subject to hydrolysis) is 1. The summed E-state index contributed by atoms with van der Waals surface area (Å²) in [6.07, 6.45) is -1.68. The highest BCUT2D eigenvalue weighted by Gasteiger charge is 2.40. The molecule has 1 fully saturated rings. The van der Waals surface area contributed by atoms with Crippen LogP contribution in [0, 0.1) is 0 Å². The van der Waals surface area contributed by atoms with Gasteiger partial charge in [-0.3, -0.25) is 4.79 Å². The monoisotopic (exact) mass is 424 g/mol. The largest absolute Gasteiger partial charge is 0.480 e. The van der Waals surface area contributed by atoms with E-state index in [-0.39, 0.29) is 25.5 Å². The molecule has 0 bridgehead atoms. The summed E-state index contributed by atoms with van der Waals surface area (Å²) < 4.78 is 5.43. The van der Waals surface area contributed by atoms with Crippen LogP contribution in [0.5, 0.6) is 0 Å². The van der Waals surface area contributed by atoms with Gasteiger partial charge in [0.05, 0.1) is 6.10 Å².